The highest BCUT2D eigenvalue weighted by molar-refractivity contribution is 6.11. The molecule has 190 valence electrons. The Labute approximate surface area is 213 Å². The maximum absolute atomic E-state index is 13.0. The van der Waals surface area contributed by atoms with Crippen LogP contribution in [-0.2, 0) is 6.18 Å². The van der Waals surface area contributed by atoms with E-state index in [1.54, 1.807) is 25.1 Å². The van der Waals surface area contributed by atoms with Gasteiger partial charge in [0.1, 0.15) is 0 Å². The van der Waals surface area contributed by atoms with E-state index in [-0.39, 0.29) is 18.6 Å². The molecule has 1 amide bonds. The third kappa shape index (κ3) is 5.84. The monoisotopic (exact) mass is 504 g/mol. The SMILES string of the molecule is Cc1ccc2c(c1)c1cc(C(=O)NC(C)CO)ccc1n2-c1ccc(C(F)(F)F)cc1.c1ccccc1. The van der Waals surface area contributed by atoms with Crippen LogP contribution < -0.4 is 5.32 Å². The Morgan fingerprint density at radius 3 is 1.95 bits per heavy atom. The number of aliphatic hydroxyl groups excluding tert-OH is 1. The highest BCUT2D eigenvalue weighted by Crippen LogP contribution is 2.35. The molecule has 5 rings (SSSR count). The molecule has 0 radical (unpaired) electrons. The van der Waals surface area contributed by atoms with Gasteiger partial charge in [-0.2, -0.15) is 13.2 Å². The molecule has 0 aliphatic carbocycles. The summed E-state index contributed by atoms with van der Waals surface area (Å²) in [5.41, 5.74) is 2.99. The minimum absolute atomic E-state index is 0.166. The Hall–Kier alpha value is -4.10. The Morgan fingerprint density at radius 1 is 0.865 bits per heavy atom. The molecule has 37 heavy (non-hydrogen) atoms. The number of fused-ring (bicyclic) bond motifs is 3. The molecule has 1 heterocycles. The van der Waals surface area contributed by atoms with Crippen molar-refractivity contribution >= 4 is 27.7 Å². The van der Waals surface area contributed by atoms with E-state index in [1.165, 1.54) is 12.1 Å². The van der Waals surface area contributed by atoms with Crippen LogP contribution in [-0.4, -0.2) is 28.2 Å². The summed E-state index contributed by atoms with van der Waals surface area (Å²) < 4.78 is 40.9. The number of carbonyl (C=O) groups excluding carboxylic acids is 1. The van der Waals surface area contributed by atoms with Crippen molar-refractivity contribution in [2.45, 2.75) is 26.1 Å². The fraction of sp³-hybridized carbons (Fsp3) is 0.167. The van der Waals surface area contributed by atoms with E-state index in [4.69, 9.17) is 0 Å². The Morgan fingerprint density at radius 2 is 1.41 bits per heavy atom. The molecule has 0 bridgehead atoms. The number of carbonyl (C=O) groups is 1. The van der Waals surface area contributed by atoms with E-state index in [0.29, 0.717) is 11.3 Å². The summed E-state index contributed by atoms with van der Waals surface area (Å²) >= 11 is 0. The third-order valence-electron chi connectivity index (χ3n) is 5.95. The molecule has 1 atom stereocenters. The normalized spacial score (nSPS) is 12.2. The van der Waals surface area contributed by atoms with Crippen LogP contribution in [0.5, 0.6) is 0 Å². The van der Waals surface area contributed by atoms with Gasteiger partial charge in [0.15, 0.2) is 0 Å². The predicted molar refractivity (Wildman–Crippen MR) is 141 cm³/mol. The van der Waals surface area contributed by atoms with Crippen LogP contribution in [0.3, 0.4) is 0 Å². The molecule has 7 heteroatoms. The lowest BCUT2D eigenvalue weighted by Crippen LogP contribution is -2.34. The van der Waals surface area contributed by atoms with Crippen LogP contribution in [0.25, 0.3) is 27.5 Å². The van der Waals surface area contributed by atoms with Crippen molar-refractivity contribution in [3.8, 4) is 5.69 Å². The quantitative estimate of drug-likeness (QED) is 0.280. The van der Waals surface area contributed by atoms with E-state index in [9.17, 15) is 23.1 Å². The number of aromatic nitrogens is 1. The van der Waals surface area contributed by atoms with E-state index in [0.717, 1.165) is 39.5 Å². The number of rotatable bonds is 4. The average Bonchev–Trinajstić information content (AvgIpc) is 3.22. The van der Waals surface area contributed by atoms with Gasteiger partial charge in [-0.25, -0.2) is 0 Å². The first kappa shape index (κ1) is 26.0. The second kappa shape index (κ2) is 10.9. The van der Waals surface area contributed by atoms with Crippen molar-refractivity contribution in [2.24, 2.45) is 0 Å². The minimum atomic E-state index is -4.40. The Balaban J connectivity index is 0.000000469. The Kier molecular flexibility index (Phi) is 7.64. The zero-order valence-electron chi connectivity index (χ0n) is 20.5. The van der Waals surface area contributed by atoms with Crippen molar-refractivity contribution in [3.63, 3.8) is 0 Å². The van der Waals surface area contributed by atoms with Gasteiger partial charge in [0.25, 0.3) is 5.91 Å². The van der Waals surface area contributed by atoms with Gasteiger partial charge >= 0.3 is 6.18 Å². The van der Waals surface area contributed by atoms with Gasteiger partial charge in [-0.1, -0.05) is 48.0 Å². The summed E-state index contributed by atoms with van der Waals surface area (Å²) in [5, 5.41) is 13.6. The first-order chi connectivity index (χ1) is 17.7. The van der Waals surface area contributed by atoms with Crippen LogP contribution in [0.15, 0.2) is 97.1 Å². The smallest absolute Gasteiger partial charge is 0.394 e. The molecule has 4 nitrogen and oxygen atoms in total. The second-order valence-electron chi connectivity index (χ2n) is 8.84. The average molecular weight is 505 g/mol. The molecule has 0 aliphatic rings. The van der Waals surface area contributed by atoms with Crippen LogP contribution >= 0.6 is 0 Å². The van der Waals surface area contributed by atoms with E-state index >= 15 is 0 Å². The minimum Gasteiger partial charge on any atom is -0.394 e. The van der Waals surface area contributed by atoms with Gasteiger partial charge in [-0.3, -0.25) is 4.79 Å². The zero-order chi connectivity index (χ0) is 26.6. The highest BCUT2D eigenvalue weighted by atomic mass is 19.4. The van der Waals surface area contributed by atoms with Gasteiger partial charge in [0, 0.05) is 28.1 Å². The summed E-state index contributed by atoms with van der Waals surface area (Å²) in [7, 11) is 0. The molecule has 5 aromatic rings. The molecule has 0 fully saturated rings. The number of hydrogen-bond acceptors (Lipinski definition) is 2. The number of hydrogen-bond donors (Lipinski definition) is 2. The number of aryl methyl sites for hydroxylation is 1. The number of alkyl halides is 3. The summed E-state index contributed by atoms with van der Waals surface area (Å²) in [6.07, 6.45) is -4.40. The predicted octanol–water partition coefficient (Wildman–Crippen LogP) is 6.91. The first-order valence-electron chi connectivity index (χ1n) is 11.8. The highest BCUT2D eigenvalue weighted by Gasteiger charge is 2.30. The largest absolute Gasteiger partial charge is 0.416 e. The van der Waals surface area contributed by atoms with Crippen molar-refractivity contribution < 1.29 is 23.1 Å². The third-order valence-corrected chi connectivity index (χ3v) is 5.95. The van der Waals surface area contributed by atoms with Gasteiger partial charge in [0.2, 0.25) is 0 Å². The molecule has 0 saturated carbocycles. The number of nitrogens with one attached hydrogen (secondary N) is 1. The number of nitrogens with zero attached hydrogens (tertiary/aromatic N) is 1. The standard InChI is InChI=1S/C24H21F3N2O2.C6H6/c1-14-3-9-21-19(11-14)20-12-16(23(31)28-15(2)13-30)4-10-22(20)29(21)18-7-5-17(6-8-18)24(25,26)27;1-2-4-6-5-3-1/h3-12,15,30H,13H2,1-2H3,(H,28,31);1-6H. The molecular formula is C30H27F3N2O2. The zero-order valence-corrected chi connectivity index (χ0v) is 20.5. The van der Waals surface area contributed by atoms with Gasteiger partial charge in [0.05, 0.1) is 23.2 Å². The lowest BCUT2D eigenvalue weighted by molar-refractivity contribution is -0.137. The van der Waals surface area contributed by atoms with Crippen LogP contribution in [0.1, 0.15) is 28.4 Å². The van der Waals surface area contributed by atoms with E-state index in [2.05, 4.69) is 5.32 Å². The van der Waals surface area contributed by atoms with Crippen LogP contribution in [0.4, 0.5) is 13.2 Å². The summed E-state index contributed by atoms with van der Waals surface area (Å²) in [4.78, 5) is 12.5. The van der Waals surface area contributed by atoms with Crippen molar-refractivity contribution in [1.82, 2.24) is 9.88 Å². The van der Waals surface area contributed by atoms with E-state index < -0.39 is 11.7 Å². The van der Waals surface area contributed by atoms with E-state index in [1.807, 2.05) is 66.1 Å². The number of halogens is 3. The molecule has 0 aliphatic heterocycles. The fourth-order valence-electron chi connectivity index (χ4n) is 4.09. The molecule has 1 unspecified atom stereocenters. The van der Waals surface area contributed by atoms with Crippen molar-refractivity contribution in [2.75, 3.05) is 6.61 Å². The van der Waals surface area contributed by atoms with Crippen molar-refractivity contribution in [1.29, 1.82) is 0 Å². The van der Waals surface area contributed by atoms with Gasteiger partial charge < -0.3 is 15.0 Å². The first-order valence-corrected chi connectivity index (χ1v) is 11.8. The number of benzene rings is 4. The molecule has 2 N–H and O–H groups in total. The van der Waals surface area contributed by atoms with Crippen LogP contribution in [0.2, 0.25) is 0 Å². The fourth-order valence-corrected chi connectivity index (χ4v) is 4.09. The summed E-state index contributed by atoms with van der Waals surface area (Å²) in [6, 6.07) is 27.8. The topological polar surface area (TPSA) is 54.3 Å². The number of amides is 1. The lowest BCUT2D eigenvalue weighted by Gasteiger charge is -2.12. The van der Waals surface area contributed by atoms with Gasteiger partial charge in [-0.15, -0.1) is 0 Å². The molecule has 4 aromatic carbocycles. The number of aliphatic hydroxyl groups is 1. The molecule has 0 spiro atoms. The van der Waals surface area contributed by atoms with Crippen LogP contribution in [0, 0.1) is 6.92 Å². The molecular weight excluding hydrogens is 477 g/mol. The Bertz CT molecular complexity index is 1480. The van der Waals surface area contributed by atoms with Crippen molar-refractivity contribution in [3.05, 3.63) is 114 Å². The summed E-state index contributed by atoms with van der Waals surface area (Å²) in [5.74, 6) is -0.300. The van der Waals surface area contributed by atoms with Gasteiger partial charge in [-0.05, 0) is 68.4 Å². The second-order valence-corrected chi connectivity index (χ2v) is 8.84. The molecule has 0 saturated heterocycles. The summed E-state index contributed by atoms with van der Waals surface area (Å²) in [6.45, 7) is 3.50. The maximum atomic E-state index is 13.0. The maximum Gasteiger partial charge on any atom is 0.416 e. The molecule has 1 aromatic heterocycles. The lowest BCUT2D eigenvalue weighted by atomic mass is 10.1.